The van der Waals surface area contributed by atoms with Crippen molar-refractivity contribution in [1.82, 2.24) is 0 Å². The smallest absolute Gasteiger partial charge is 0.0162 e. The second kappa shape index (κ2) is 9.09. The largest absolute Gasteiger partial charge is 0.0981 e. The molecule has 0 heterocycles. The Morgan fingerprint density at radius 2 is 1.76 bits per heavy atom. The van der Waals surface area contributed by atoms with E-state index in [9.17, 15) is 0 Å². The molecule has 0 aliphatic rings. The number of hydrogen-bond acceptors (Lipinski definition) is 1. The van der Waals surface area contributed by atoms with Crippen LogP contribution in [0, 0.1) is 24.3 Å². The topological polar surface area (TPSA) is 0 Å². The Bertz CT molecular complexity index is 815. The molecule has 0 radical (unpaired) electrons. The molecule has 0 N–H and O–H groups in total. The number of hydrogen-bond donors (Lipinski definition) is 0. The Kier molecular flexibility index (Phi) is 7.38. The molecule has 2 aromatic carbocycles. The van der Waals surface area contributed by atoms with Crippen molar-refractivity contribution in [3.05, 3.63) is 84.8 Å². The van der Waals surface area contributed by atoms with Gasteiger partial charge in [-0.1, -0.05) is 55.1 Å². The van der Waals surface area contributed by atoms with Gasteiger partial charge in [-0.05, 0) is 108 Å². The van der Waals surface area contributed by atoms with Crippen LogP contribution in [0.25, 0.3) is 4.91 Å². The standard InChI is InChI=1S/C23H27IS/c1-7-20-13-23(24)18(5)12-22(20)10-15(2)14-25-19(6)21-9-8-16(3)17(4)11-21/h8-9,11-14H,6-7,10H2,1-5H3/b15-14+. The molecule has 0 saturated carbocycles. The molecule has 0 saturated heterocycles. The lowest BCUT2D eigenvalue weighted by molar-refractivity contribution is 1.04. The molecule has 0 aromatic heterocycles. The molecule has 132 valence electrons. The fourth-order valence-corrected chi connectivity index (χ4v) is 3.99. The van der Waals surface area contributed by atoms with Gasteiger partial charge in [-0.25, -0.2) is 0 Å². The molecule has 0 atom stereocenters. The highest BCUT2D eigenvalue weighted by Crippen LogP contribution is 2.30. The molecule has 0 unspecified atom stereocenters. The fourth-order valence-electron chi connectivity index (χ4n) is 2.77. The van der Waals surface area contributed by atoms with Crippen LogP contribution in [0.5, 0.6) is 0 Å². The number of allylic oxidation sites excluding steroid dienone is 1. The minimum absolute atomic E-state index is 1.01. The van der Waals surface area contributed by atoms with Crippen LogP contribution < -0.4 is 0 Å². The van der Waals surface area contributed by atoms with Crippen molar-refractivity contribution in [2.45, 2.75) is 47.5 Å². The zero-order chi connectivity index (χ0) is 18.6. The monoisotopic (exact) mass is 462 g/mol. The SMILES string of the molecule is C=C(S/C=C(\C)Cc1cc(C)c(I)cc1CC)c1ccc(C)c(C)c1. The van der Waals surface area contributed by atoms with E-state index in [1.54, 1.807) is 11.8 Å². The van der Waals surface area contributed by atoms with Gasteiger partial charge in [0, 0.05) is 8.48 Å². The molecule has 0 spiro atoms. The lowest BCUT2D eigenvalue weighted by Crippen LogP contribution is -1.97. The van der Waals surface area contributed by atoms with Gasteiger partial charge >= 0.3 is 0 Å². The van der Waals surface area contributed by atoms with Gasteiger partial charge in [0.1, 0.15) is 0 Å². The van der Waals surface area contributed by atoms with E-state index >= 15 is 0 Å². The minimum atomic E-state index is 1.01. The molecular weight excluding hydrogens is 435 g/mol. The van der Waals surface area contributed by atoms with Gasteiger partial charge in [0.05, 0.1) is 0 Å². The molecule has 2 rings (SSSR count). The average molecular weight is 462 g/mol. The summed E-state index contributed by atoms with van der Waals surface area (Å²) < 4.78 is 1.36. The first-order valence-corrected chi connectivity index (χ1v) is 10.6. The summed E-state index contributed by atoms with van der Waals surface area (Å²) in [6.45, 7) is 15.2. The molecule has 0 amide bonds. The Morgan fingerprint density at radius 3 is 2.40 bits per heavy atom. The average Bonchev–Trinajstić information content (AvgIpc) is 2.58. The predicted octanol–water partition coefficient (Wildman–Crippen LogP) is 7.63. The van der Waals surface area contributed by atoms with Crippen LogP contribution in [0.3, 0.4) is 0 Å². The summed E-state index contributed by atoms with van der Waals surface area (Å²) in [6, 6.07) is 11.2. The van der Waals surface area contributed by atoms with Crippen molar-refractivity contribution in [3.8, 4) is 0 Å². The second-order valence-electron chi connectivity index (χ2n) is 6.70. The van der Waals surface area contributed by atoms with Gasteiger partial charge in [0.25, 0.3) is 0 Å². The van der Waals surface area contributed by atoms with Crippen LogP contribution in [-0.2, 0) is 12.8 Å². The number of benzene rings is 2. The first-order valence-electron chi connectivity index (χ1n) is 8.68. The fraction of sp³-hybridized carbons (Fsp3) is 0.304. The lowest BCUT2D eigenvalue weighted by atomic mass is 9.97. The quantitative estimate of drug-likeness (QED) is 0.398. The van der Waals surface area contributed by atoms with E-state index in [2.05, 4.69) is 99.5 Å². The molecule has 0 aliphatic heterocycles. The van der Waals surface area contributed by atoms with Crippen LogP contribution in [0.4, 0.5) is 0 Å². The van der Waals surface area contributed by atoms with Crippen molar-refractivity contribution >= 4 is 39.3 Å². The summed E-state index contributed by atoms with van der Waals surface area (Å²) in [6.07, 6.45) is 2.09. The van der Waals surface area contributed by atoms with Crippen LogP contribution in [0.1, 0.15) is 47.2 Å². The highest BCUT2D eigenvalue weighted by atomic mass is 127. The van der Waals surface area contributed by atoms with Crippen molar-refractivity contribution < 1.29 is 0 Å². The van der Waals surface area contributed by atoms with Crippen LogP contribution in [-0.4, -0.2) is 0 Å². The van der Waals surface area contributed by atoms with Crippen LogP contribution in [0.15, 0.2) is 47.9 Å². The van der Waals surface area contributed by atoms with Crippen LogP contribution >= 0.6 is 34.4 Å². The number of thioether (sulfide) groups is 1. The third kappa shape index (κ3) is 5.49. The van der Waals surface area contributed by atoms with E-state index in [0.717, 1.165) is 17.7 Å². The molecule has 25 heavy (non-hydrogen) atoms. The molecule has 0 nitrogen and oxygen atoms in total. The maximum Gasteiger partial charge on any atom is 0.0162 e. The van der Waals surface area contributed by atoms with E-state index in [1.807, 2.05) is 0 Å². The van der Waals surface area contributed by atoms with Gasteiger partial charge in [-0.2, -0.15) is 0 Å². The summed E-state index contributed by atoms with van der Waals surface area (Å²) in [7, 11) is 0. The van der Waals surface area contributed by atoms with Crippen molar-refractivity contribution in [2.24, 2.45) is 0 Å². The van der Waals surface area contributed by atoms with Crippen LogP contribution in [0.2, 0.25) is 0 Å². The normalized spacial score (nSPS) is 11.7. The van der Waals surface area contributed by atoms with Crippen molar-refractivity contribution in [1.29, 1.82) is 0 Å². The first-order chi connectivity index (χ1) is 11.8. The van der Waals surface area contributed by atoms with Gasteiger partial charge < -0.3 is 0 Å². The Hall–Kier alpha value is -1.00. The zero-order valence-electron chi connectivity index (χ0n) is 15.9. The molecule has 0 fully saturated rings. The van der Waals surface area contributed by atoms with E-state index in [1.165, 1.54) is 42.5 Å². The summed E-state index contributed by atoms with van der Waals surface area (Å²) in [5.74, 6) is 0. The molecular formula is C23H27IS. The number of aryl methyl sites for hydroxylation is 4. The number of rotatable bonds is 6. The maximum absolute atomic E-state index is 4.25. The third-order valence-corrected chi connectivity index (χ3v) is 6.76. The maximum atomic E-state index is 4.25. The highest BCUT2D eigenvalue weighted by molar-refractivity contribution is 14.1. The molecule has 0 aliphatic carbocycles. The molecule has 2 heteroatoms. The molecule has 2 aromatic rings. The van der Waals surface area contributed by atoms with E-state index in [4.69, 9.17) is 0 Å². The molecule has 0 bridgehead atoms. The second-order valence-corrected chi connectivity index (χ2v) is 8.83. The first kappa shape index (κ1) is 20.3. The van der Waals surface area contributed by atoms with Gasteiger partial charge in [0.2, 0.25) is 0 Å². The number of halogens is 1. The van der Waals surface area contributed by atoms with Gasteiger partial charge in [0.15, 0.2) is 0 Å². The van der Waals surface area contributed by atoms with E-state index in [0.29, 0.717) is 0 Å². The van der Waals surface area contributed by atoms with Gasteiger partial charge in [-0.3, -0.25) is 0 Å². The van der Waals surface area contributed by atoms with Crippen molar-refractivity contribution in [2.75, 3.05) is 0 Å². The summed E-state index contributed by atoms with van der Waals surface area (Å²) in [4.78, 5) is 1.11. The van der Waals surface area contributed by atoms with E-state index in [-0.39, 0.29) is 0 Å². The zero-order valence-corrected chi connectivity index (χ0v) is 18.8. The Labute approximate surface area is 171 Å². The summed E-state index contributed by atoms with van der Waals surface area (Å²) in [5, 5.41) is 2.25. The van der Waals surface area contributed by atoms with E-state index < -0.39 is 0 Å². The summed E-state index contributed by atoms with van der Waals surface area (Å²) >= 11 is 4.16. The summed E-state index contributed by atoms with van der Waals surface area (Å²) in [5.41, 5.74) is 9.53. The third-order valence-electron chi connectivity index (χ3n) is 4.56. The lowest BCUT2D eigenvalue weighted by Gasteiger charge is -2.12. The Balaban J connectivity index is 2.10. The Morgan fingerprint density at radius 1 is 1.04 bits per heavy atom. The highest BCUT2D eigenvalue weighted by Gasteiger charge is 2.06. The minimum Gasteiger partial charge on any atom is -0.0981 e. The predicted molar refractivity (Wildman–Crippen MR) is 123 cm³/mol. The van der Waals surface area contributed by atoms with Gasteiger partial charge in [-0.15, -0.1) is 0 Å². The van der Waals surface area contributed by atoms with Crippen molar-refractivity contribution in [3.63, 3.8) is 0 Å².